The van der Waals surface area contributed by atoms with Gasteiger partial charge in [0.1, 0.15) is 5.75 Å². The van der Waals surface area contributed by atoms with Crippen LogP contribution in [0.25, 0.3) is 17.0 Å². The van der Waals surface area contributed by atoms with Gasteiger partial charge in [-0.1, -0.05) is 30.3 Å². The van der Waals surface area contributed by atoms with E-state index in [4.69, 9.17) is 4.74 Å². The third kappa shape index (κ3) is 2.66. The minimum Gasteiger partial charge on any atom is -0.497 e. The predicted molar refractivity (Wildman–Crippen MR) is 89.3 cm³/mol. The molecule has 3 heteroatoms. The van der Waals surface area contributed by atoms with Crippen LogP contribution in [0.4, 0.5) is 0 Å². The molecule has 2 aromatic carbocycles. The monoisotopic (exact) mass is 291 g/mol. The average Bonchev–Trinajstić information content (AvgIpc) is 2.89. The zero-order valence-corrected chi connectivity index (χ0v) is 12.6. The Morgan fingerprint density at radius 2 is 1.91 bits per heavy atom. The molecule has 0 saturated heterocycles. The number of rotatable bonds is 4. The first-order chi connectivity index (χ1) is 10.7. The molecule has 0 fully saturated rings. The van der Waals surface area contributed by atoms with Crippen molar-refractivity contribution in [3.05, 3.63) is 71.9 Å². The maximum atomic E-state index is 12.2. The largest absolute Gasteiger partial charge is 0.497 e. The minimum atomic E-state index is 0.000462. The van der Waals surface area contributed by atoms with E-state index in [0.717, 1.165) is 22.2 Å². The molecule has 0 aliphatic heterocycles. The summed E-state index contributed by atoms with van der Waals surface area (Å²) < 4.78 is 7.32. The van der Waals surface area contributed by atoms with Crippen molar-refractivity contribution in [2.45, 2.75) is 0 Å². The molecule has 0 atom stereocenters. The highest BCUT2D eigenvalue weighted by Gasteiger charge is 2.06. The quantitative estimate of drug-likeness (QED) is 0.535. The van der Waals surface area contributed by atoms with Crippen LogP contribution >= 0.6 is 0 Å². The molecular formula is C19H17NO2. The number of carbonyl (C=O) groups excluding carboxylic acids is 1. The van der Waals surface area contributed by atoms with Gasteiger partial charge < -0.3 is 9.30 Å². The second-order valence-electron chi connectivity index (χ2n) is 5.14. The van der Waals surface area contributed by atoms with Crippen LogP contribution in [0.2, 0.25) is 0 Å². The molecule has 1 aromatic heterocycles. The van der Waals surface area contributed by atoms with E-state index in [1.54, 1.807) is 13.2 Å². The number of nitrogens with zero attached hydrogens (tertiary/aromatic N) is 1. The first kappa shape index (κ1) is 14.1. The molecule has 0 bridgehead atoms. The van der Waals surface area contributed by atoms with Gasteiger partial charge in [-0.15, -0.1) is 0 Å². The SMILES string of the molecule is COc1ccc2c(c1)c(C=CC(=O)c1ccccc1)cn2C. The first-order valence-corrected chi connectivity index (χ1v) is 7.09. The van der Waals surface area contributed by atoms with E-state index in [9.17, 15) is 4.79 Å². The Hall–Kier alpha value is -2.81. The number of allylic oxidation sites excluding steroid dienone is 1. The van der Waals surface area contributed by atoms with Crippen LogP contribution < -0.4 is 4.74 Å². The molecule has 0 saturated carbocycles. The van der Waals surface area contributed by atoms with Gasteiger partial charge in [-0.3, -0.25) is 4.79 Å². The van der Waals surface area contributed by atoms with E-state index in [1.165, 1.54) is 0 Å². The Bertz CT molecular complexity index is 845. The highest BCUT2D eigenvalue weighted by Crippen LogP contribution is 2.26. The number of ether oxygens (including phenoxy) is 1. The zero-order chi connectivity index (χ0) is 15.5. The summed E-state index contributed by atoms with van der Waals surface area (Å²) in [6.07, 6.45) is 5.49. The van der Waals surface area contributed by atoms with E-state index in [2.05, 4.69) is 0 Å². The van der Waals surface area contributed by atoms with Gasteiger partial charge in [0, 0.05) is 35.3 Å². The van der Waals surface area contributed by atoms with Crippen molar-refractivity contribution in [1.82, 2.24) is 4.57 Å². The van der Waals surface area contributed by atoms with Gasteiger partial charge in [-0.2, -0.15) is 0 Å². The van der Waals surface area contributed by atoms with E-state index < -0.39 is 0 Å². The van der Waals surface area contributed by atoms with E-state index >= 15 is 0 Å². The zero-order valence-electron chi connectivity index (χ0n) is 12.6. The third-order valence-electron chi connectivity index (χ3n) is 3.70. The van der Waals surface area contributed by atoms with E-state index in [0.29, 0.717) is 5.56 Å². The van der Waals surface area contributed by atoms with Crippen LogP contribution in [-0.2, 0) is 7.05 Å². The molecule has 0 radical (unpaired) electrons. The number of aryl methyl sites for hydroxylation is 1. The van der Waals surface area contributed by atoms with Crippen molar-refractivity contribution in [1.29, 1.82) is 0 Å². The van der Waals surface area contributed by atoms with Crippen molar-refractivity contribution >= 4 is 22.8 Å². The molecular weight excluding hydrogens is 274 g/mol. The molecule has 0 N–H and O–H groups in total. The van der Waals surface area contributed by atoms with Crippen LogP contribution in [0.5, 0.6) is 5.75 Å². The lowest BCUT2D eigenvalue weighted by Crippen LogP contribution is -1.92. The second kappa shape index (κ2) is 5.90. The second-order valence-corrected chi connectivity index (χ2v) is 5.14. The molecule has 22 heavy (non-hydrogen) atoms. The number of hydrogen-bond donors (Lipinski definition) is 0. The summed E-state index contributed by atoms with van der Waals surface area (Å²) in [6.45, 7) is 0. The summed E-state index contributed by atoms with van der Waals surface area (Å²) in [5, 5.41) is 1.07. The van der Waals surface area contributed by atoms with Gasteiger partial charge in [-0.25, -0.2) is 0 Å². The molecule has 0 amide bonds. The van der Waals surface area contributed by atoms with Gasteiger partial charge in [0.15, 0.2) is 5.78 Å². The van der Waals surface area contributed by atoms with Crippen LogP contribution in [0.1, 0.15) is 15.9 Å². The van der Waals surface area contributed by atoms with Gasteiger partial charge in [0.05, 0.1) is 7.11 Å². The van der Waals surface area contributed by atoms with Crippen molar-refractivity contribution in [3.63, 3.8) is 0 Å². The predicted octanol–water partition coefficient (Wildman–Crippen LogP) is 4.08. The number of methoxy groups -OCH3 is 1. The number of aromatic nitrogens is 1. The van der Waals surface area contributed by atoms with Gasteiger partial charge in [0.25, 0.3) is 0 Å². The maximum Gasteiger partial charge on any atom is 0.185 e. The van der Waals surface area contributed by atoms with Crippen molar-refractivity contribution in [2.24, 2.45) is 7.05 Å². The highest BCUT2D eigenvalue weighted by molar-refractivity contribution is 6.07. The number of ketones is 1. The fourth-order valence-corrected chi connectivity index (χ4v) is 2.53. The van der Waals surface area contributed by atoms with Crippen molar-refractivity contribution < 1.29 is 9.53 Å². The Kier molecular flexibility index (Phi) is 3.79. The molecule has 110 valence electrons. The number of hydrogen-bond acceptors (Lipinski definition) is 2. The minimum absolute atomic E-state index is 0.000462. The standard InChI is InChI=1S/C19H17NO2/c1-20-13-15(17-12-16(22-2)9-10-18(17)20)8-11-19(21)14-6-4-3-5-7-14/h3-13H,1-2H3. The van der Waals surface area contributed by atoms with Gasteiger partial charge >= 0.3 is 0 Å². The van der Waals surface area contributed by atoms with Crippen LogP contribution in [0.15, 0.2) is 60.8 Å². The molecule has 0 aliphatic carbocycles. The number of fused-ring (bicyclic) bond motifs is 1. The van der Waals surface area contributed by atoms with E-state index in [1.807, 2.05) is 72.4 Å². The summed E-state index contributed by atoms with van der Waals surface area (Å²) in [4.78, 5) is 12.2. The number of benzene rings is 2. The molecule has 0 unspecified atom stereocenters. The Morgan fingerprint density at radius 1 is 1.14 bits per heavy atom. The Morgan fingerprint density at radius 3 is 2.64 bits per heavy atom. The molecule has 3 aromatic rings. The van der Waals surface area contributed by atoms with Crippen molar-refractivity contribution in [3.8, 4) is 5.75 Å². The summed E-state index contributed by atoms with van der Waals surface area (Å²) in [7, 11) is 3.64. The Balaban J connectivity index is 1.96. The van der Waals surface area contributed by atoms with Gasteiger partial charge in [0.2, 0.25) is 0 Å². The maximum absolute atomic E-state index is 12.2. The molecule has 3 nitrogen and oxygen atoms in total. The summed E-state index contributed by atoms with van der Waals surface area (Å²) >= 11 is 0. The molecule has 0 aliphatic rings. The lowest BCUT2D eigenvalue weighted by atomic mass is 10.1. The Labute approximate surface area is 129 Å². The summed E-state index contributed by atoms with van der Waals surface area (Å²) in [6, 6.07) is 15.2. The lowest BCUT2D eigenvalue weighted by molar-refractivity contribution is 0.104. The van der Waals surface area contributed by atoms with Gasteiger partial charge in [-0.05, 0) is 30.4 Å². The average molecular weight is 291 g/mol. The van der Waals surface area contributed by atoms with Crippen molar-refractivity contribution in [2.75, 3.05) is 7.11 Å². The van der Waals surface area contributed by atoms with E-state index in [-0.39, 0.29) is 5.78 Å². The fraction of sp³-hybridized carbons (Fsp3) is 0.105. The van der Waals surface area contributed by atoms with Crippen LogP contribution in [0.3, 0.4) is 0 Å². The first-order valence-electron chi connectivity index (χ1n) is 7.09. The topological polar surface area (TPSA) is 31.2 Å². The molecule has 3 rings (SSSR count). The summed E-state index contributed by atoms with van der Waals surface area (Å²) in [5.74, 6) is 0.809. The van der Waals surface area contributed by atoms with Crippen LogP contribution in [0, 0.1) is 0 Å². The van der Waals surface area contributed by atoms with Crippen LogP contribution in [-0.4, -0.2) is 17.5 Å². The summed E-state index contributed by atoms with van der Waals surface area (Å²) in [5.41, 5.74) is 2.80. The molecule has 0 spiro atoms. The number of carbonyl (C=O) groups is 1. The third-order valence-corrected chi connectivity index (χ3v) is 3.70. The normalized spacial score (nSPS) is 11.2. The lowest BCUT2D eigenvalue weighted by Gasteiger charge is -2.00. The smallest absolute Gasteiger partial charge is 0.185 e. The fourth-order valence-electron chi connectivity index (χ4n) is 2.53. The molecule has 1 heterocycles. The highest BCUT2D eigenvalue weighted by atomic mass is 16.5.